The zero-order valence-electron chi connectivity index (χ0n) is 13.9. The summed E-state index contributed by atoms with van der Waals surface area (Å²) >= 11 is 11.6. The number of hydrogen-bond donors (Lipinski definition) is 1. The second kappa shape index (κ2) is 7.96. The second-order valence-corrected chi connectivity index (χ2v) is 8.94. The highest BCUT2D eigenvalue weighted by Gasteiger charge is 2.32. The molecule has 0 aliphatic carbocycles. The average Bonchev–Trinajstić information content (AvgIpc) is 2.64. The summed E-state index contributed by atoms with van der Waals surface area (Å²) in [4.78, 5) is 12.6. The van der Waals surface area contributed by atoms with E-state index in [-0.39, 0.29) is 16.7 Å². The van der Waals surface area contributed by atoms with E-state index in [4.69, 9.17) is 23.2 Å². The summed E-state index contributed by atoms with van der Waals surface area (Å²) in [6.45, 7) is 0.618. The molecule has 138 valence electrons. The standard InChI is InChI=1S/C18H18Cl2N2O3S/c19-14-1-5-16(6-2-14)21-18(23)13-9-11-22(12-10-13)26(24,25)17-7-3-15(20)4-8-17/h1-8,13H,9-12H2,(H,21,23). The lowest BCUT2D eigenvalue weighted by atomic mass is 9.97. The summed E-state index contributed by atoms with van der Waals surface area (Å²) in [5.74, 6) is -0.321. The van der Waals surface area contributed by atoms with Gasteiger partial charge in [0.15, 0.2) is 0 Å². The van der Waals surface area contributed by atoms with Crippen molar-refractivity contribution in [3.8, 4) is 0 Å². The largest absolute Gasteiger partial charge is 0.326 e. The molecule has 5 nitrogen and oxygen atoms in total. The first-order chi connectivity index (χ1) is 12.4. The maximum Gasteiger partial charge on any atom is 0.243 e. The minimum atomic E-state index is -3.56. The molecule has 0 atom stereocenters. The Bertz CT molecular complexity index is 876. The third kappa shape index (κ3) is 4.38. The van der Waals surface area contributed by atoms with Crippen LogP contribution in [0.5, 0.6) is 0 Å². The molecule has 1 N–H and O–H groups in total. The lowest BCUT2D eigenvalue weighted by Gasteiger charge is -2.30. The number of hydrogen-bond acceptors (Lipinski definition) is 3. The van der Waals surface area contributed by atoms with Gasteiger partial charge in [-0.2, -0.15) is 4.31 Å². The minimum Gasteiger partial charge on any atom is -0.326 e. The highest BCUT2D eigenvalue weighted by atomic mass is 35.5. The molecule has 0 saturated carbocycles. The van der Waals surface area contributed by atoms with E-state index >= 15 is 0 Å². The molecule has 0 bridgehead atoms. The molecule has 1 saturated heterocycles. The van der Waals surface area contributed by atoms with Crippen LogP contribution in [0.15, 0.2) is 53.4 Å². The fourth-order valence-electron chi connectivity index (χ4n) is 2.89. The van der Waals surface area contributed by atoms with Gasteiger partial charge in [-0.1, -0.05) is 23.2 Å². The Hall–Kier alpha value is -1.60. The van der Waals surface area contributed by atoms with Crippen LogP contribution in [0.2, 0.25) is 10.0 Å². The summed E-state index contributed by atoms with van der Waals surface area (Å²) in [5, 5.41) is 3.94. The molecule has 1 amide bonds. The van der Waals surface area contributed by atoms with Crippen LogP contribution in [0.25, 0.3) is 0 Å². The van der Waals surface area contributed by atoms with E-state index in [1.54, 1.807) is 36.4 Å². The molecule has 0 spiro atoms. The molecule has 1 aliphatic heterocycles. The molecular formula is C18H18Cl2N2O3S. The van der Waals surface area contributed by atoms with Gasteiger partial charge >= 0.3 is 0 Å². The predicted octanol–water partition coefficient (Wildman–Crippen LogP) is 4.03. The fraction of sp³-hybridized carbons (Fsp3) is 0.278. The summed E-state index contributed by atoms with van der Waals surface area (Å²) < 4.78 is 26.8. The molecule has 0 unspecified atom stereocenters. The molecule has 2 aromatic carbocycles. The zero-order chi connectivity index (χ0) is 18.7. The van der Waals surface area contributed by atoms with Gasteiger partial charge < -0.3 is 5.32 Å². The molecule has 0 radical (unpaired) electrons. The highest BCUT2D eigenvalue weighted by molar-refractivity contribution is 7.89. The first-order valence-corrected chi connectivity index (χ1v) is 10.4. The van der Waals surface area contributed by atoms with Crippen LogP contribution >= 0.6 is 23.2 Å². The molecule has 26 heavy (non-hydrogen) atoms. The van der Waals surface area contributed by atoms with E-state index in [0.29, 0.717) is 41.7 Å². The number of benzene rings is 2. The number of piperidine rings is 1. The average molecular weight is 413 g/mol. The van der Waals surface area contributed by atoms with Crippen molar-refractivity contribution in [2.45, 2.75) is 17.7 Å². The van der Waals surface area contributed by atoms with Crippen LogP contribution in [0, 0.1) is 5.92 Å². The number of rotatable bonds is 4. The van der Waals surface area contributed by atoms with Gasteiger partial charge in [-0.15, -0.1) is 0 Å². The zero-order valence-corrected chi connectivity index (χ0v) is 16.2. The smallest absolute Gasteiger partial charge is 0.243 e. The van der Waals surface area contributed by atoms with Crippen LogP contribution in [-0.2, 0) is 14.8 Å². The number of anilines is 1. The van der Waals surface area contributed by atoms with E-state index in [2.05, 4.69) is 5.32 Å². The number of halogens is 2. The maximum absolute atomic E-state index is 12.7. The Kier molecular flexibility index (Phi) is 5.87. The quantitative estimate of drug-likeness (QED) is 0.823. The summed E-state index contributed by atoms with van der Waals surface area (Å²) in [6, 6.07) is 13.0. The van der Waals surface area contributed by atoms with Crippen molar-refractivity contribution in [2.75, 3.05) is 18.4 Å². The van der Waals surface area contributed by atoms with Crippen molar-refractivity contribution in [3.05, 3.63) is 58.6 Å². The van der Waals surface area contributed by atoms with Gasteiger partial charge in [0.1, 0.15) is 0 Å². The lowest BCUT2D eigenvalue weighted by molar-refractivity contribution is -0.120. The lowest BCUT2D eigenvalue weighted by Crippen LogP contribution is -2.41. The molecule has 0 aromatic heterocycles. The Morgan fingerprint density at radius 3 is 1.96 bits per heavy atom. The summed E-state index contributed by atoms with van der Waals surface area (Å²) in [6.07, 6.45) is 0.957. The van der Waals surface area contributed by atoms with Crippen LogP contribution in [0.3, 0.4) is 0 Å². The molecular weight excluding hydrogens is 395 g/mol. The van der Waals surface area contributed by atoms with Crippen LogP contribution in [0.4, 0.5) is 5.69 Å². The van der Waals surface area contributed by atoms with Gasteiger partial charge in [0, 0.05) is 34.7 Å². The van der Waals surface area contributed by atoms with Gasteiger partial charge in [0.05, 0.1) is 4.90 Å². The number of amides is 1. The van der Waals surface area contributed by atoms with Crippen molar-refractivity contribution in [2.24, 2.45) is 5.92 Å². The number of carbonyl (C=O) groups is 1. The predicted molar refractivity (Wildman–Crippen MR) is 103 cm³/mol. The summed E-state index contributed by atoms with van der Waals surface area (Å²) in [5.41, 5.74) is 0.676. The van der Waals surface area contributed by atoms with Gasteiger partial charge in [-0.05, 0) is 61.4 Å². The van der Waals surface area contributed by atoms with Crippen molar-refractivity contribution in [1.29, 1.82) is 0 Å². The molecule has 2 aromatic rings. The van der Waals surface area contributed by atoms with E-state index in [0.717, 1.165) is 0 Å². The van der Waals surface area contributed by atoms with Gasteiger partial charge in [0.25, 0.3) is 0 Å². The Morgan fingerprint density at radius 2 is 1.42 bits per heavy atom. The van der Waals surface area contributed by atoms with E-state index in [1.807, 2.05) is 0 Å². The van der Waals surface area contributed by atoms with Gasteiger partial charge in [-0.3, -0.25) is 4.79 Å². The van der Waals surface area contributed by atoms with E-state index in [9.17, 15) is 13.2 Å². The molecule has 1 fully saturated rings. The highest BCUT2D eigenvalue weighted by Crippen LogP contribution is 2.26. The number of nitrogens with zero attached hydrogens (tertiary/aromatic N) is 1. The van der Waals surface area contributed by atoms with Crippen LogP contribution < -0.4 is 5.32 Å². The van der Waals surface area contributed by atoms with Gasteiger partial charge in [0.2, 0.25) is 15.9 Å². The fourth-order valence-corrected chi connectivity index (χ4v) is 4.61. The Morgan fingerprint density at radius 1 is 0.923 bits per heavy atom. The topological polar surface area (TPSA) is 66.5 Å². The van der Waals surface area contributed by atoms with Crippen LogP contribution in [0.1, 0.15) is 12.8 Å². The number of sulfonamides is 1. The normalized spacial score (nSPS) is 16.4. The van der Waals surface area contributed by atoms with Crippen molar-refractivity contribution in [1.82, 2.24) is 4.31 Å². The molecule has 1 aliphatic rings. The number of nitrogens with one attached hydrogen (secondary N) is 1. The number of carbonyl (C=O) groups excluding carboxylic acids is 1. The molecule has 1 heterocycles. The van der Waals surface area contributed by atoms with Crippen LogP contribution in [-0.4, -0.2) is 31.7 Å². The SMILES string of the molecule is O=C(Nc1ccc(Cl)cc1)C1CCN(S(=O)(=O)c2ccc(Cl)cc2)CC1. The van der Waals surface area contributed by atoms with Crippen molar-refractivity contribution < 1.29 is 13.2 Å². The van der Waals surface area contributed by atoms with Gasteiger partial charge in [-0.25, -0.2) is 8.42 Å². The Labute approximate surface area is 163 Å². The second-order valence-electron chi connectivity index (χ2n) is 6.13. The minimum absolute atomic E-state index is 0.101. The first-order valence-electron chi connectivity index (χ1n) is 8.18. The monoisotopic (exact) mass is 412 g/mol. The Balaban J connectivity index is 1.60. The van der Waals surface area contributed by atoms with Crippen molar-refractivity contribution >= 4 is 44.8 Å². The first kappa shape index (κ1) is 19.2. The third-order valence-electron chi connectivity index (χ3n) is 4.39. The van der Waals surface area contributed by atoms with E-state index < -0.39 is 10.0 Å². The van der Waals surface area contributed by atoms with E-state index in [1.165, 1.54) is 16.4 Å². The molecule has 8 heteroatoms. The van der Waals surface area contributed by atoms with Crippen molar-refractivity contribution in [3.63, 3.8) is 0 Å². The third-order valence-corrected chi connectivity index (χ3v) is 6.80. The maximum atomic E-state index is 12.7. The summed E-state index contributed by atoms with van der Waals surface area (Å²) in [7, 11) is -3.56. The molecule has 3 rings (SSSR count).